The van der Waals surface area contributed by atoms with Gasteiger partial charge in [0, 0.05) is 24.4 Å². The van der Waals surface area contributed by atoms with Gasteiger partial charge in [-0.2, -0.15) is 0 Å². The number of carbonyl (C=O) groups is 1. The number of carboxylic acid groups (broad SMARTS) is 1. The molecule has 0 aliphatic heterocycles. The van der Waals surface area contributed by atoms with Gasteiger partial charge in [0.2, 0.25) is 0 Å². The van der Waals surface area contributed by atoms with Crippen LogP contribution >= 0.6 is 0 Å². The molecule has 0 amide bonds. The summed E-state index contributed by atoms with van der Waals surface area (Å²) in [5, 5.41) is 8.92. The number of nitrogen functional groups attached to an aromatic ring is 1. The van der Waals surface area contributed by atoms with Crippen molar-refractivity contribution >= 4 is 11.7 Å². The zero-order chi connectivity index (χ0) is 17.0. The molecule has 0 aromatic heterocycles. The molecule has 1 fully saturated rings. The summed E-state index contributed by atoms with van der Waals surface area (Å²) in [4.78, 5) is 10.9. The second-order valence-corrected chi connectivity index (χ2v) is 6.25. The van der Waals surface area contributed by atoms with Gasteiger partial charge in [-0.15, -0.1) is 0 Å². The van der Waals surface area contributed by atoms with E-state index in [0.717, 1.165) is 31.2 Å². The zero-order valence-corrected chi connectivity index (χ0v) is 13.4. The van der Waals surface area contributed by atoms with E-state index in [0.29, 0.717) is 11.3 Å². The largest absolute Gasteiger partial charge is 0.481 e. The Labute approximate surface area is 135 Å². The maximum atomic E-state index is 14.1. The molecule has 1 aliphatic carbocycles. The topological polar surface area (TPSA) is 98.6 Å². The molecule has 0 saturated heterocycles. The molecule has 2 atom stereocenters. The van der Waals surface area contributed by atoms with Crippen LogP contribution in [0.1, 0.15) is 61.7 Å². The van der Waals surface area contributed by atoms with Crippen molar-refractivity contribution in [3.8, 4) is 0 Å². The van der Waals surface area contributed by atoms with E-state index in [-0.39, 0.29) is 18.2 Å². The molecule has 2 unspecified atom stereocenters. The van der Waals surface area contributed by atoms with Gasteiger partial charge < -0.3 is 21.3 Å². The standard InChI is InChI=1S/C17H25FN2O3/c1-23-17(14(19)9-15(21)22)13-8-11(18)7-12(16(13)20)10-5-3-2-4-6-10/h7-8,10,14,17H,2-6,9,19-20H2,1H3,(H,21,22). The van der Waals surface area contributed by atoms with Crippen molar-refractivity contribution < 1.29 is 19.0 Å². The summed E-state index contributed by atoms with van der Waals surface area (Å²) >= 11 is 0. The smallest absolute Gasteiger partial charge is 0.305 e. The predicted molar refractivity (Wildman–Crippen MR) is 86.6 cm³/mol. The molecule has 2 rings (SSSR count). The van der Waals surface area contributed by atoms with Gasteiger partial charge in [-0.25, -0.2) is 4.39 Å². The van der Waals surface area contributed by atoms with E-state index in [1.54, 1.807) is 0 Å². The summed E-state index contributed by atoms with van der Waals surface area (Å²) in [5.41, 5.74) is 13.9. The Bertz CT molecular complexity index is 559. The van der Waals surface area contributed by atoms with Gasteiger partial charge in [-0.05, 0) is 36.5 Å². The fraction of sp³-hybridized carbons (Fsp3) is 0.588. The molecular weight excluding hydrogens is 299 g/mol. The van der Waals surface area contributed by atoms with Crippen LogP contribution in [-0.2, 0) is 9.53 Å². The summed E-state index contributed by atoms with van der Waals surface area (Å²) in [7, 11) is 1.43. The third-order valence-electron chi connectivity index (χ3n) is 4.61. The summed E-state index contributed by atoms with van der Waals surface area (Å²) < 4.78 is 19.5. The first-order valence-electron chi connectivity index (χ1n) is 8.03. The molecule has 5 nitrogen and oxygen atoms in total. The molecule has 0 radical (unpaired) electrons. The lowest BCUT2D eigenvalue weighted by Gasteiger charge is -2.28. The van der Waals surface area contributed by atoms with Crippen molar-refractivity contribution in [1.82, 2.24) is 0 Å². The Kier molecular flexibility index (Phi) is 5.96. The second kappa shape index (κ2) is 7.75. The van der Waals surface area contributed by atoms with Gasteiger partial charge >= 0.3 is 5.97 Å². The molecule has 1 saturated carbocycles. The minimum atomic E-state index is -1.03. The fourth-order valence-corrected chi connectivity index (χ4v) is 3.49. The Morgan fingerprint density at radius 2 is 2.04 bits per heavy atom. The minimum Gasteiger partial charge on any atom is -0.481 e. The van der Waals surface area contributed by atoms with Gasteiger partial charge in [0.15, 0.2) is 0 Å². The van der Waals surface area contributed by atoms with Crippen molar-refractivity contribution in [2.75, 3.05) is 12.8 Å². The maximum absolute atomic E-state index is 14.1. The summed E-state index contributed by atoms with van der Waals surface area (Å²) in [6.07, 6.45) is 4.39. The molecule has 23 heavy (non-hydrogen) atoms. The number of anilines is 1. The molecule has 0 heterocycles. The number of benzene rings is 1. The highest BCUT2D eigenvalue weighted by atomic mass is 19.1. The van der Waals surface area contributed by atoms with Crippen LogP contribution in [0.3, 0.4) is 0 Å². The Morgan fingerprint density at radius 1 is 1.39 bits per heavy atom. The highest BCUT2D eigenvalue weighted by Crippen LogP contribution is 2.39. The number of nitrogens with two attached hydrogens (primary N) is 2. The molecule has 5 N–H and O–H groups in total. The van der Waals surface area contributed by atoms with E-state index in [4.69, 9.17) is 21.3 Å². The van der Waals surface area contributed by atoms with E-state index in [1.807, 2.05) is 0 Å². The number of carboxylic acids is 1. The summed E-state index contributed by atoms with van der Waals surface area (Å²) in [5.74, 6) is -1.17. The van der Waals surface area contributed by atoms with Crippen LogP contribution in [0.25, 0.3) is 0 Å². The van der Waals surface area contributed by atoms with Crippen molar-refractivity contribution in [2.45, 2.75) is 56.6 Å². The molecule has 6 heteroatoms. The number of hydrogen-bond donors (Lipinski definition) is 3. The molecule has 0 spiro atoms. The number of methoxy groups -OCH3 is 1. The zero-order valence-electron chi connectivity index (χ0n) is 13.4. The number of halogens is 1. The Morgan fingerprint density at radius 3 is 2.61 bits per heavy atom. The van der Waals surface area contributed by atoms with Gasteiger partial charge in [-0.3, -0.25) is 4.79 Å². The molecule has 1 aliphatic rings. The van der Waals surface area contributed by atoms with Crippen molar-refractivity contribution in [2.24, 2.45) is 5.73 Å². The highest BCUT2D eigenvalue weighted by molar-refractivity contribution is 5.68. The summed E-state index contributed by atoms with van der Waals surface area (Å²) in [6, 6.07) is 2.00. The van der Waals surface area contributed by atoms with Gasteiger partial charge in [0.25, 0.3) is 0 Å². The third kappa shape index (κ3) is 4.20. The normalized spacial score (nSPS) is 18.6. The van der Waals surface area contributed by atoms with Crippen molar-refractivity contribution in [3.05, 3.63) is 29.1 Å². The van der Waals surface area contributed by atoms with Crippen molar-refractivity contribution in [3.63, 3.8) is 0 Å². The molecule has 128 valence electrons. The van der Waals surface area contributed by atoms with Crippen molar-refractivity contribution in [1.29, 1.82) is 0 Å². The molecule has 1 aromatic carbocycles. The van der Waals surface area contributed by atoms with E-state index in [9.17, 15) is 9.18 Å². The molecule has 1 aromatic rings. The Balaban J connectivity index is 2.36. The molecule has 0 bridgehead atoms. The average Bonchev–Trinajstić information content (AvgIpc) is 2.51. The minimum absolute atomic E-state index is 0.242. The fourth-order valence-electron chi connectivity index (χ4n) is 3.49. The number of aliphatic carboxylic acids is 1. The lowest BCUT2D eigenvalue weighted by Crippen LogP contribution is -2.33. The van der Waals surface area contributed by atoms with E-state index >= 15 is 0 Å². The van der Waals surface area contributed by atoms with E-state index in [1.165, 1.54) is 25.7 Å². The van der Waals surface area contributed by atoms with Gasteiger partial charge in [0.05, 0.1) is 12.5 Å². The lowest BCUT2D eigenvalue weighted by atomic mass is 9.81. The molecular formula is C17H25FN2O3. The first kappa shape index (κ1) is 17.7. The van der Waals surface area contributed by atoms with Gasteiger partial charge in [-0.1, -0.05) is 19.3 Å². The first-order valence-corrected chi connectivity index (χ1v) is 8.03. The van der Waals surface area contributed by atoms with E-state index in [2.05, 4.69) is 0 Å². The van der Waals surface area contributed by atoms with Crippen LogP contribution < -0.4 is 11.5 Å². The van der Waals surface area contributed by atoms with Crippen LogP contribution in [0.4, 0.5) is 10.1 Å². The van der Waals surface area contributed by atoms with Crippen LogP contribution in [0.5, 0.6) is 0 Å². The summed E-state index contributed by atoms with van der Waals surface area (Å²) in [6.45, 7) is 0. The quantitative estimate of drug-likeness (QED) is 0.699. The number of hydrogen-bond acceptors (Lipinski definition) is 4. The number of ether oxygens (including phenoxy) is 1. The predicted octanol–water partition coefficient (Wildman–Crippen LogP) is 2.95. The maximum Gasteiger partial charge on any atom is 0.305 e. The van der Waals surface area contributed by atoms with Gasteiger partial charge in [0.1, 0.15) is 5.82 Å². The highest BCUT2D eigenvalue weighted by Gasteiger charge is 2.27. The average molecular weight is 324 g/mol. The van der Waals surface area contributed by atoms with Crippen LogP contribution in [0, 0.1) is 5.82 Å². The van der Waals surface area contributed by atoms with Crippen LogP contribution in [-0.4, -0.2) is 24.2 Å². The van der Waals surface area contributed by atoms with Crippen LogP contribution in [0.2, 0.25) is 0 Å². The SMILES string of the molecule is COC(c1cc(F)cc(C2CCCCC2)c1N)C(N)CC(=O)O. The Hall–Kier alpha value is -1.66. The number of rotatable bonds is 6. The van der Waals surface area contributed by atoms with Crippen LogP contribution in [0.15, 0.2) is 12.1 Å². The first-order chi connectivity index (χ1) is 10.9. The third-order valence-corrected chi connectivity index (χ3v) is 4.61. The van der Waals surface area contributed by atoms with E-state index < -0.39 is 18.1 Å². The monoisotopic (exact) mass is 324 g/mol. The second-order valence-electron chi connectivity index (χ2n) is 6.25. The lowest BCUT2D eigenvalue weighted by molar-refractivity contribution is -0.138.